The molecule has 2 aromatic rings. The van der Waals surface area contributed by atoms with E-state index in [0.717, 1.165) is 54.6 Å². The van der Waals surface area contributed by atoms with E-state index in [-0.39, 0.29) is 5.91 Å². The van der Waals surface area contributed by atoms with Crippen molar-refractivity contribution in [2.45, 2.75) is 39.2 Å². The van der Waals surface area contributed by atoms with Gasteiger partial charge in [0.2, 0.25) is 5.91 Å². The summed E-state index contributed by atoms with van der Waals surface area (Å²) in [7, 11) is 1.69. The second-order valence-electron chi connectivity index (χ2n) is 8.47. The van der Waals surface area contributed by atoms with E-state index in [0.29, 0.717) is 38.6 Å². The number of nitrogens with zero attached hydrogens (tertiary/aromatic N) is 4. The zero-order chi connectivity index (χ0) is 21.8. The van der Waals surface area contributed by atoms with E-state index in [1.54, 1.807) is 7.11 Å². The average Bonchev–Trinajstić information content (AvgIpc) is 3.25. The molecule has 2 aliphatic heterocycles. The summed E-state index contributed by atoms with van der Waals surface area (Å²) in [5, 5.41) is 0. The largest absolute Gasteiger partial charge is 0.497 e. The maximum atomic E-state index is 12.7. The number of morpholine rings is 1. The molecule has 0 radical (unpaired) electrons. The van der Waals surface area contributed by atoms with Gasteiger partial charge in [-0.05, 0) is 44.5 Å². The first-order valence-electron chi connectivity index (χ1n) is 11.1. The number of likely N-dealkylation sites (tertiary alicyclic amines) is 1. The normalized spacial score (nSPS) is 19.6. The van der Waals surface area contributed by atoms with E-state index < -0.39 is 0 Å². The van der Waals surface area contributed by atoms with Gasteiger partial charge in [0.15, 0.2) is 0 Å². The highest BCUT2D eigenvalue weighted by Crippen LogP contribution is 2.27. The summed E-state index contributed by atoms with van der Waals surface area (Å²) in [5.74, 6) is 2.27. The fourth-order valence-corrected chi connectivity index (χ4v) is 4.46. The first-order valence-corrected chi connectivity index (χ1v) is 11.1. The van der Waals surface area contributed by atoms with Gasteiger partial charge < -0.3 is 14.4 Å². The standard InChI is InChI=1S/C24H32N4O3/c1-17-22(14-23(29)28-10-12-31-13-11-28)18(2)26-24(25-17)20-8-9-27(16-20)15-19-4-6-21(30-3)7-5-19/h4-7,20H,8-16H2,1-3H3. The number of methoxy groups -OCH3 is 1. The number of amides is 1. The van der Waals surface area contributed by atoms with Gasteiger partial charge in [0, 0.05) is 49.0 Å². The molecule has 0 saturated carbocycles. The van der Waals surface area contributed by atoms with Crippen molar-refractivity contribution in [1.29, 1.82) is 0 Å². The number of rotatable bonds is 6. The first kappa shape index (κ1) is 21.7. The molecule has 0 aliphatic carbocycles. The molecule has 4 rings (SSSR count). The van der Waals surface area contributed by atoms with Crippen LogP contribution in [0, 0.1) is 13.8 Å². The van der Waals surface area contributed by atoms with E-state index in [4.69, 9.17) is 19.4 Å². The third-order valence-electron chi connectivity index (χ3n) is 6.33. The van der Waals surface area contributed by atoms with Crippen LogP contribution in [0.3, 0.4) is 0 Å². The molecular formula is C24H32N4O3. The lowest BCUT2D eigenvalue weighted by atomic mass is 10.0. The Morgan fingerprint density at radius 1 is 1.10 bits per heavy atom. The molecule has 1 atom stereocenters. The van der Waals surface area contributed by atoms with Crippen LogP contribution in [-0.4, -0.2) is 72.2 Å². The molecule has 0 N–H and O–H groups in total. The number of benzene rings is 1. The molecule has 3 heterocycles. The molecule has 2 fully saturated rings. The minimum Gasteiger partial charge on any atom is -0.497 e. The number of hydrogen-bond acceptors (Lipinski definition) is 6. The monoisotopic (exact) mass is 424 g/mol. The Labute approximate surface area is 184 Å². The van der Waals surface area contributed by atoms with Crippen LogP contribution >= 0.6 is 0 Å². The number of aryl methyl sites for hydroxylation is 2. The lowest BCUT2D eigenvalue weighted by Gasteiger charge is -2.27. The topological polar surface area (TPSA) is 67.8 Å². The number of carbonyl (C=O) groups excluding carboxylic acids is 1. The quantitative estimate of drug-likeness (QED) is 0.710. The van der Waals surface area contributed by atoms with Gasteiger partial charge in [-0.25, -0.2) is 9.97 Å². The number of hydrogen-bond donors (Lipinski definition) is 0. The maximum Gasteiger partial charge on any atom is 0.227 e. The highest BCUT2D eigenvalue weighted by atomic mass is 16.5. The second-order valence-corrected chi connectivity index (χ2v) is 8.47. The number of aromatic nitrogens is 2. The van der Waals surface area contributed by atoms with Crippen molar-refractivity contribution < 1.29 is 14.3 Å². The van der Waals surface area contributed by atoms with Crippen LogP contribution in [0.1, 0.15) is 40.7 Å². The highest BCUT2D eigenvalue weighted by Gasteiger charge is 2.27. The van der Waals surface area contributed by atoms with Gasteiger partial charge in [-0.1, -0.05) is 12.1 Å². The van der Waals surface area contributed by atoms with Crippen molar-refractivity contribution in [1.82, 2.24) is 19.8 Å². The molecule has 31 heavy (non-hydrogen) atoms. The van der Waals surface area contributed by atoms with E-state index in [1.165, 1.54) is 5.56 Å². The Kier molecular flexibility index (Phi) is 6.83. The van der Waals surface area contributed by atoms with Crippen molar-refractivity contribution in [3.8, 4) is 5.75 Å². The summed E-state index contributed by atoms with van der Waals surface area (Å²) >= 11 is 0. The van der Waals surface area contributed by atoms with Gasteiger partial charge in [0.05, 0.1) is 26.7 Å². The fourth-order valence-electron chi connectivity index (χ4n) is 4.46. The third kappa shape index (κ3) is 5.22. The van der Waals surface area contributed by atoms with E-state index in [9.17, 15) is 4.79 Å². The fraction of sp³-hybridized carbons (Fsp3) is 0.542. The summed E-state index contributed by atoms with van der Waals surface area (Å²) in [5.41, 5.74) is 4.11. The zero-order valence-electron chi connectivity index (χ0n) is 18.8. The zero-order valence-corrected chi connectivity index (χ0v) is 18.8. The molecule has 2 aliphatic rings. The Balaban J connectivity index is 1.39. The molecule has 2 saturated heterocycles. The van der Waals surface area contributed by atoms with Crippen LogP contribution in [-0.2, 0) is 22.5 Å². The number of carbonyl (C=O) groups is 1. The van der Waals surface area contributed by atoms with Crippen molar-refractivity contribution >= 4 is 5.91 Å². The van der Waals surface area contributed by atoms with Crippen LogP contribution in [0.4, 0.5) is 0 Å². The van der Waals surface area contributed by atoms with Gasteiger partial charge in [0.1, 0.15) is 11.6 Å². The van der Waals surface area contributed by atoms with Gasteiger partial charge >= 0.3 is 0 Å². The minimum absolute atomic E-state index is 0.136. The summed E-state index contributed by atoms with van der Waals surface area (Å²) in [4.78, 5) is 26.7. The number of ether oxygens (including phenoxy) is 2. The van der Waals surface area contributed by atoms with Crippen LogP contribution < -0.4 is 4.74 Å². The Morgan fingerprint density at radius 2 is 1.77 bits per heavy atom. The molecule has 0 spiro atoms. The average molecular weight is 425 g/mol. The molecule has 1 unspecified atom stereocenters. The van der Waals surface area contributed by atoms with Gasteiger partial charge in [-0.2, -0.15) is 0 Å². The van der Waals surface area contributed by atoms with E-state index in [1.807, 2.05) is 30.9 Å². The maximum absolute atomic E-state index is 12.7. The Morgan fingerprint density at radius 3 is 2.42 bits per heavy atom. The molecule has 1 aromatic carbocycles. The molecular weight excluding hydrogens is 392 g/mol. The van der Waals surface area contributed by atoms with E-state index in [2.05, 4.69) is 17.0 Å². The van der Waals surface area contributed by atoms with Gasteiger partial charge in [0.25, 0.3) is 0 Å². The van der Waals surface area contributed by atoms with Crippen molar-refractivity contribution in [2.75, 3.05) is 46.5 Å². The SMILES string of the molecule is COc1ccc(CN2CCC(c3nc(C)c(CC(=O)N4CCOCC4)c(C)n3)C2)cc1. The Hall–Kier alpha value is -2.51. The lowest BCUT2D eigenvalue weighted by Crippen LogP contribution is -2.41. The van der Waals surface area contributed by atoms with Crippen LogP contribution in [0.25, 0.3) is 0 Å². The van der Waals surface area contributed by atoms with Gasteiger partial charge in [-0.3, -0.25) is 9.69 Å². The summed E-state index contributed by atoms with van der Waals surface area (Å²) in [6, 6.07) is 8.26. The first-order chi connectivity index (χ1) is 15.0. The molecule has 166 valence electrons. The summed E-state index contributed by atoms with van der Waals surface area (Å²) < 4.78 is 10.6. The molecule has 7 nitrogen and oxygen atoms in total. The lowest BCUT2D eigenvalue weighted by molar-refractivity contribution is -0.134. The van der Waals surface area contributed by atoms with E-state index >= 15 is 0 Å². The molecule has 1 amide bonds. The van der Waals surface area contributed by atoms with Crippen molar-refractivity contribution in [3.63, 3.8) is 0 Å². The molecule has 7 heteroatoms. The summed E-state index contributed by atoms with van der Waals surface area (Å²) in [6.45, 7) is 9.50. The smallest absolute Gasteiger partial charge is 0.227 e. The molecule has 1 aromatic heterocycles. The third-order valence-corrected chi connectivity index (χ3v) is 6.33. The van der Waals surface area contributed by atoms with Crippen molar-refractivity contribution in [3.05, 3.63) is 52.6 Å². The van der Waals surface area contributed by atoms with Crippen molar-refractivity contribution in [2.24, 2.45) is 0 Å². The predicted octanol–water partition coefficient (Wildman–Crippen LogP) is 2.49. The predicted molar refractivity (Wildman–Crippen MR) is 118 cm³/mol. The molecule has 0 bridgehead atoms. The second kappa shape index (κ2) is 9.75. The highest BCUT2D eigenvalue weighted by molar-refractivity contribution is 5.79. The minimum atomic E-state index is 0.136. The van der Waals surface area contributed by atoms with Crippen LogP contribution in [0.2, 0.25) is 0 Å². The van der Waals surface area contributed by atoms with Crippen LogP contribution in [0.5, 0.6) is 5.75 Å². The van der Waals surface area contributed by atoms with Crippen LogP contribution in [0.15, 0.2) is 24.3 Å². The summed E-state index contributed by atoms with van der Waals surface area (Å²) in [6.07, 6.45) is 1.42. The van der Waals surface area contributed by atoms with Gasteiger partial charge in [-0.15, -0.1) is 0 Å². The Bertz CT molecular complexity index is 887.